The van der Waals surface area contributed by atoms with E-state index in [1.54, 1.807) is 0 Å². The summed E-state index contributed by atoms with van der Waals surface area (Å²) in [7, 11) is 0. The summed E-state index contributed by atoms with van der Waals surface area (Å²) in [6.07, 6.45) is -9.54. The van der Waals surface area contributed by atoms with E-state index in [4.69, 9.17) is 0 Å². The van der Waals surface area contributed by atoms with E-state index in [2.05, 4.69) is 10.6 Å². The fourth-order valence-corrected chi connectivity index (χ4v) is 3.43. The molecular weight excluding hydrogens is 433 g/mol. The second-order valence-corrected chi connectivity index (χ2v) is 8.21. The molecule has 3 amide bonds. The van der Waals surface area contributed by atoms with E-state index in [0.717, 1.165) is 0 Å². The second kappa shape index (κ2) is 9.53. The average molecular weight is 459 g/mol. The molecule has 4 N–H and O–H groups in total. The first-order chi connectivity index (χ1) is 14.2. The molecule has 0 aromatic carbocycles. The van der Waals surface area contributed by atoms with Gasteiger partial charge in [-0.1, -0.05) is 0 Å². The van der Waals surface area contributed by atoms with Crippen LogP contribution in [-0.2, 0) is 9.59 Å². The first-order valence-electron chi connectivity index (χ1n) is 9.92. The number of hydrogen-bond donors (Lipinski definition) is 4. The molecule has 1 saturated heterocycles. The number of halogens is 5. The molecule has 0 aromatic heterocycles. The van der Waals surface area contributed by atoms with Crippen LogP contribution in [0.2, 0.25) is 0 Å². The smallest absolute Gasteiger partial charge is 0.407 e. The van der Waals surface area contributed by atoms with Gasteiger partial charge in [0.1, 0.15) is 6.04 Å². The molecule has 13 heteroatoms. The molecule has 0 aromatic rings. The van der Waals surface area contributed by atoms with Crippen molar-refractivity contribution in [1.29, 1.82) is 0 Å². The average Bonchev–Trinajstić information content (AvgIpc) is 3.46. The normalized spacial score (nSPS) is 24.3. The van der Waals surface area contributed by atoms with Crippen molar-refractivity contribution in [2.45, 2.75) is 81.8 Å². The van der Waals surface area contributed by atoms with Crippen molar-refractivity contribution in [3.63, 3.8) is 0 Å². The fraction of sp³-hybridized carbons (Fsp3) is 0.833. The topological polar surface area (TPSA) is 119 Å². The van der Waals surface area contributed by atoms with Crippen LogP contribution in [0.4, 0.5) is 26.7 Å². The molecule has 2 unspecified atom stereocenters. The van der Waals surface area contributed by atoms with E-state index in [0.29, 0.717) is 24.7 Å². The predicted molar refractivity (Wildman–Crippen MR) is 96.3 cm³/mol. The van der Waals surface area contributed by atoms with Crippen molar-refractivity contribution in [2.24, 2.45) is 5.92 Å². The summed E-state index contributed by atoms with van der Waals surface area (Å²) >= 11 is 0. The Balaban J connectivity index is 2.15. The van der Waals surface area contributed by atoms with Gasteiger partial charge in [0, 0.05) is 19.0 Å². The third-order valence-corrected chi connectivity index (χ3v) is 5.41. The van der Waals surface area contributed by atoms with Crippen LogP contribution in [0.5, 0.6) is 0 Å². The van der Waals surface area contributed by atoms with Gasteiger partial charge in [-0.2, -0.15) is 13.2 Å². The molecule has 8 nitrogen and oxygen atoms in total. The third-order valence-electron chi connectivity index (χ3n) is 5.41. The van der Waals surface area contributed by atoms with Gasteiger partial charge in [0.05, 0.1) is 12.0 Å². The van der Waals surface area contributed by atoms with Gasteiger partial charge in [0.15, 0.2) is 6.10 Å². The lowest BCUT2D eigenvalue weighted by Crippen LogP contribution is -2.59. The minimum atomic E-state index is -4.64. The number of rotatable bonds is 8. The maximum Gasteiger partial charge on any atom is 0.407 e. The van der Waals surface area contributed by atoms with Gasteiger partial charge in [-0.15, -0.1) is 0 Å². The van der Waals surface area contributed by atoms with Crippen molar-refractivity contribution in [1.82, 2.24) is 15.5 Å². The summed E-state index contributed by atoms with van der Waals surface area (Å²) in [5.41, 5.74) is 0. The molecule has 31 heavy (non-hydrogen) atoms. The Hall–Kier alpha value is -2.18. The molecule has 2 fully saturated rings. The quantitative estimate of drug-likeness (QED) is 0.413. The largest absolute Gasteiger partial charge is 0.465 e. The molecule has 0 radical (unpaired) electrons. The fourth-order valence-electron chi connectivity index (χ4n) is 3.43. The Labute approximate surface area is 175 Å². The van der Waals surface area contributed by atoms with E-state index in [-0.39, 0.29) is 6.04 Å². The number of nitrogens with one attached hydrogen (secondary N) is 2. The van der Waals surface area contributed by atoms with Crippen LogP contribution in [-0.4, -0.2) is 75.9 Å². The van der Waals surface area contributed by atoms with Crippen molar-refractivity contribution in [3.05, 3.63) is 0 Å². The Morgan fingerprint density at radius 2 is 1.74 bits per heavy atom. The molecule has 2 rings (SSSR count). The number of alkyl halides is 5. The van der Waals surface area contributed by atoms with Gasteiger partial charge in [0.2, 0.25) is 11.8 Å². The first kappa shape index (κ1) is 25.1. The third kappa shape index (κ3) is 7.47. The van der Waals surface area contributed by atoms with Crippen molar-refractivity contribution >= 4 is 17.9 Å². The molecule has 0 bridgehead atoms. The lowest BCUT2D eigenvalue weighted by atomic mass is 9.89. The Morgan fingerprint density at radius 1 is 1.13 bits per heavy atom. The number of carbonyl (C=O) groups excluding carboxylic acids is 2. The number of aliphatic hydroxyl groups excluding tert-OH is 1. The minimum Gasteiger partial charge on any atom is -0.465 e. The zero-order chi connectivity index (χ0) is 23.6. The summed E-state index contributed by atoms with van der Waals surface area (Å²) in [5.74, 6) is -7.19. The van der Waals surface area contributed by atoms with E-state index < -0.39 is 86.3 Å². The highest BCUT2D eigenvalue weighted by Gasteiger charge is 2.48. The minimum absolute atomic E-state index is 0.167. The predicted octanol–water partition coefficient (Wildman–Crippen LogP) is 1.87. The second-order valence-electron chi connectivity index (χ2n) is 8.21. The van der Waals surface area contributed by atoms with Crippen molar-refractivity contribution in [2.75, 3.05) is 6.54 Å². The Bertz CT molecular complexity index is 680. The molecule has 1 heterocycles. The Kier molecular flexibility index (Phi) is 7.71. The highest BCUT2D eigenvalue weighted by Crippen LogP contribution is 2.36. The molecule has 0 spiro atoms. The molecule has 1 aliphatic heterocycles. The van der Waals surface area contributed by atoms with Crippen molar-refractivity contribution in [3.8, 4) is 0 Å². The highest BCUT2D eigenvalue weighted by atomic mass is 19.4. The van der Waals surface area contributed by atoms with Gasteiger partial charge in [-0.25, -0.2) is 13.6 Å². The number of nitrogens with zero attached hydrogens (tertiary/aromatic N) is 1. The van der Waals surface area contributed by atoms with E-state index in [1.807, 2.05) is 0 Å². The van der Waals surface area contributed by atoms with E-state index in [1.165, 1.54) is 0 Å². The van der Waals surface area contributed by atoms with Crippen LogP contribution in [0.25, 0.3) is 0 Å². The SMILES string of the molecule is CC(F)(F)CCC(NC(=O)[C@@H]1C[C@H](C(F)(F)F)CCN1C(=O)O)C(O)C(=O)NC1CC1. The summed E-state index contributed by atoms with van der Waals surface area (Å²) in [5, 5.41) is 24.1. The lowest BCUT2D eigenvalue weighted by molar-refractivity contribution is -0.189. The van der Waals surface area contributed by atoms with E-state index >= 15 is 0 Å². The summed E-state index contributed by atoms with van der Waals surface area (Å²) in [4.78, 5) is 36.7. The van der Waals surface area contributed by atoms with Gasteiger partial charge >= 0.3 is 12.3 Å². The Morgan fingerprint density at radius 3 is 2.23 bits per heavy atom. The zero-order valence-corrected chi connectivity index (χ0v) is 16.8. The number of carboxylic acid groups (broad SMARTS) is 1. The van der Waals surface area contributed by atoms with Crippen molar-refractivity contribution < 1.29 is 46.5 Å². The van der Waals surface area contributed by atoms with Crippen LogP contribution < -0.4 is 10.6 Å². The van der Waals surface area contributed by atoms with Gasteiger partial charge in [-0.3, -0.25) is 14.5 Å². The summed E-state index contributed by atoms with van der Waals surface area (Å²) in [6.45, 7) is 0.0593. The maximum absolute atomic E-state index is 13.3. The summed E-state index contributed by atoms with van der Waals surface area (Å²) < 4.78 is 65.9. The number of amides is 3. The van der Waals surface area contributed by atoms with Crippen LogP contribution in [0.15, 0.2) is 0 Å². The zero-order valence-electron chi connectivity index (χ0n) is 16.8. The molecular formula is C18H26F5N3O5. The van der Waals surface area contributed by atoms with Crippen LogP contribution >= 0.6 is 0 Å². The molecule has 2 aliphatic rings. The number of hydrogen-bond acceptors (Lipinski definition) is 4. The monoisotopic (exact) mass is 459 g/mol. The van der Waals surface area contributed by atoms with Crippen LogP contribution in [0.1, 0.15) is 45.4 Å². The maximum atomic E-state index is 13.3. The van der Waals surface area contributed by atoms with Crippen LogP contribution in [0.3, 0.4) is 0 Å². The van der Waals surface area contributed by atoms with Gasteiger partial charge in [-0.05, 0) is 39.0 Å². The molecule has 4 atom stereocenters. The molecule has 1 saturated carbocycles. The number of carbonyl (C=O) groups is 3. The molecule has 1 aliphatic carbocycles. The summed E-state index contributed by atoms with van der Waals surface area (Å²) in [6, 6.07) is -3.43. The standard InChI is InChI=1S/C18H26F5N3O5/c1-17(19,20)6-4-11(13(27)15(29)24-10-2-3-10)25-14(28)12-8-9(18(21,22)23)5-7-26(12)16(30)31/h9-13,27H,2-8H2,1H3,(H,24,29)(H,25,28)(H,30,31)/t9-,11?,12+,13?/m1/s1. The lowest BCUT2D eigenvalue weighted by Gasteiger charge is -2.38. The number of aliphatic hydroxyl groups is 1. The number of likely N-dealkylation sites (tertiary alicyclic amines) is 1. The van der Waals surface area contributed by atoms with Gasteiger partial charge < -0.3 is 20.8 Å². The highest BCUT2D eigenvalue weighted by molar-refractivity contribution is 5.87. The molecule has 178 valence electrons. The van der Waals surface area contributed by atoms with E-state index in [9.17, 15) is 46.5 Å². The van der Waals surface area contributed by atoms with Crippen LogP contribution in [0, 0.1) is 5.92 Å². The van der Waals surface area contributed by atoms with Gasteiger partial charge in [0.25, 0.3) is 5.91 Å². The first-order valence-corrected chi connectivity index (χ1v) is 9.92. The number of piperidine rings is 1.